The van der Waals surface area contributed by atoms with E-state index in [4.69, 9.17) is 16.3 Å². The number of hydrogen-bond donors (Lipinski definition) is 0. The Morgan fingerprint density at radius 1 is 1.14 bits per heavy atom. The van der Waals surface area contributed by atoms with E-state index < -0.39 is 28.9 Å². The molecule has 0 N–H and O–H groups in total. The predicted molar refractivity (Wildman–Crippen MR) is 70.0 cm³/mol. The van der Waals surface area contributed by atoms with Gasteiger partial charge in [0.2, 0.25) is 5.88 Å². The van der Waals surface area contributed by atoms with E-state index in [1.54, 1.807) is 0 Å². The van der Waals surface area contributed by atoms with Crippen molar-refractivity contribution >= 4 is 11.6 Å². The van der Waals surface area contributed by atoms with Gasteiger partial charge >= 0.3 is 6.18 Å². The van der Waals surface area contributed by atoms with Crippen molar-refractivity contribution in [2.75, 3.05) is 0 Å². The van der Waals surface area contributed by atoms with Crippen molar-refractivity contribution in [3.63, 3.8) is 0 Å². The monoisotopic (exact) mass is 337 g/mol. The number of alkyl halides is 5. The third kappa shape index (κ3) is 4.07. The molecular formula is C14H9ClF5NO. The van der Waals surface area contributed by atoms with Crippen molar-refractivity contribution in [2.24, 2.45) is 0 Å². The van der Waals surface area contributed by atoms with Crippen molar-refractivity contribution in [1.82, 2.24) is 4.98 Å². The molecule has 0 radical (unpaired) electrons. The minimum Gasteiger partial charge on any atom is -0.473 e. The molecule has 0 saturated heterocycles. The second-order valence-corrected chi connectivity index (χ2v) is 4.68. The first kappa shape index (κ1) is 16.5. The number of benzene rings is 1. The molecule has 118 valence electrons. The molecule has 1 aromatic heterocycles. The van der Waals surface area contributed by atoms with Crippen molar-refractivity contribution in [3.8, 4) is 5.88 Å². The minimum atomic E-state index is -4.45. The summed E-state index contributed by atoms with van der Waals surface area (Å²) in [5, 5.41) is -0.406. The molecule has 0 atom stereocenters. The second kappa shape index (κ2) is 6.48. The van der Waals surface area contributed by atoms with Crippen LogP contribution in [0.5, 0.6) is 5.88 Å². The zero-order valence-corrected chi connectivity index (χ0v) is 11.6. The summed E-state index contributed by atoms with van der Waals surface area (Å²) in [7, 11) is 0. The van der Waals surface area contributed by atoms with Gasteiger partial charge in [-0.25, -0.2) is 13.8 Å². The molecular weight excluding hydrogens is 329 g/mol. The number of aromatic nitrogens is 1. The van der Waals surface area contributed by atoms with Crippen LogP contribution in [0.4, 0.5) is 22.0 Å². The molecule has 0 aliphatic rings. The van der Waals surface area contributed by atoms with Gasteiger partial charge in [-0.15, -0.1) is 0 Å². The van der Waals surface area contributed by atoms with Gasteiger partial charge in [0.1, 0.15) is 11.8 Å². The van der Waals surface area contributed by atoms with Gasteiger partial charge in [-0.3, -0.25) is 0 Å². The lowest BCUT2D eigenvalue weighted by Crippen LogP contribution is -2.06. The Kier molecular flexibility index (Phi) is 4.85. The highest BCUT2D eigenvalue weighted by Gasteiger charge is 2.30. The van der Waals surface area contributed by atoms with Crippen molar-refractivity contribution < 1.29 is 26.7 Å². The van der Waals surface area contributed by atoms with Crippen LogP contribution in [0.25, 0.3) is 0 Å². The van der Waals surface area contributed by atoms with Crippen molar-refractivity contribution in [3.05, 3.63) is 58.2 Å². The van der Waals surface area contributed by atoms with Crippen LogP contribution in [0.1, 0.15) is 23.1 Å². The van der Waals surface area contributed by atoms with Crippen LogP contribution < -0.4 is 4.74 Å². The summed E-state index contributed by atoms with van der Waals surface area (Å²) in [4.78, 5) is 3.62. The molecule has 0 bridgehead atoms. The summed E-state index contributed by atoms with van der Waals surface area (Å²) < 4.78 is 67.8. The molecule has 2 aromatic rings. The predicted octanol–water partition coefficient (Wildman–Crippen LogP) is 5.27. The maximum atomic E-state index is 12.6. The standard InChI is InChI=1S/C14H9ClF5NO/c15-12-10(13(16)17)4-5-11(21-12)22-7-8-2-1-3-9(6-8)14(18,19)20/h1-6,13H,7H2. The molecule has 2 rings (SSSR count). The van der Waals surface area contributed by atoms with E-state index in [-0.39, 0.29) is 18.1 Å². The molecule has 8 heteroatoms. The van der Waals surface area contributed by atoms with Gasteiger partial charge < -0.3 is 4.74 Å². The van der Waals surface area contributed by atoms with Gasteiger partial charge in [-0.05, 0) is 23.8 Å². The zero-order chi connectivity index (χ0) is 16.3. The second-order valence-electron chi connectivity index (χ2n) is 4.32. The van der Waals surface area contributed by atoms with Gasteiger partial charge in [-0.2, -0.15) is 13.2 Å². The molecule has 0 aliphatic carbocycles. The highest BCUT2D eigenvalue weighted by Crippen LogP contribution is 2.30. The largest absolute Gasteiger partial charge is 0.473 e. The van der Waals surface area contributed by atoms with E-state index in [0.29, 0.717) is 0 Å². The van der Waals surface area contributed by atoms with Gasteiger partial charge in [-0.1, -0.05) is 23.7 Å². The average molecular weight is 338 g/mol. The molecule has 0 saturated carbocycles. The van der Waals surface area contributed by atoms with Crippen LogP contribution in [0.2, 0.25) is 5.15 Å². The normalized spacial score (nSPS) is 11.8. The van der Waals surface area contributed by atoms with E-state index in [0.717, 1.165) is 18.2 Å². The molecule has 22 heavy (non-hydrogen) atoms. The van der Waals surface area contributed by atoms with E-state index in [9.17, 15) is 22.0 Å². The fraction of sp³-hybridized carbons (Fsp3) is 0.214. The van der Waals surface area contributed by atoms with Gasteiger partial charge in [0.05, 0.1) is 11.1 Å². The maximum Gasteiger partial charge on any atom is 0.416 e. The fourth-order valence-electron chi connectivity index (χ4n) is 1.67. The van der Waals surface area contributed by atoms with Crippen LogP contribution in [-0.2, 0) is 12.8 Å². The minimum absolute atomic E-state index is 0.0492. The summed E-state index contributed by atoms with van der Waals surface area (Å²) in [5.41, 5.74) is -0.966. The summed E-state index contributed by atoms with van der Waals surface area (Å²) in [6.45, 7) is -0.193. The fourth-order valence-corrected chi connectivity index (χ4v) is 1.90. The maximum absolute atomic E-state index is 12.6. The molecule has 0 unspecified atom stereocenters. The summed E-state index contributed by atoms with van der Waals surface area (Å²) in [6, 6.07) is 6.82. The Labute approximate surface area is 127 Å². The Morgan fingerprint density at radius 3 is 2.45 bits per heavy atom. The summed E-state index contributed by atoms with van der Waals surface area (Å²) >= 11 is 5.57. The first-order valence-corrected chi connectivity index (χ1v) is 6.38. The third-order valence-corrected chi connectivity index (χ3v) is 3.03. The zero-order valence-electron chi connectivity index (χ0n) is 10.9. The lowest BCUT2D eigenvalue weighted by molar-refractivity contribution is -0.137. The molecule has 0 spiro atoms. The SMILES string of the molecule is FC(F)c1ccc(OCc2cccc(C(F)(F)F)c2)nc1Cl. The van der Waals surface area contributed by atoms with Crippen LogP contribution in [0, 0.1) is 0 Å². The topological polar surface area (TPSA) is 22.1 Å². The quantitative estimate of drug-likeness (QED) is 0.560. The number of halogens is 6. The molecule has 1 heterocycles. The van der Waals surface area contributed by atoms with Crippen LogP contribution in [0.15, 0.2) is 36.4 Å². The number of ether oxygens (including phenoxy) is 1. The van der Waals surface area contributed by atoms with Crippen molar-refractivity contribution in [1.29, 1.82) is 0 Å². The van der Waals surface area contributed by atoms with Crippen LogP contribution >= 0.6 is 11.6 Å². The highest BCUT2D eigenvalue weighted by atomic mass is 35.5. The van der Waals surface area contributed by atoms with E-state index >= 15 is 0 Å². The van der Waals surface area contributed by atoms with Gasteiger partial charge in [0.25, 0.3) is 6.43 Å². The molecule has 1 aromatic carbocycles. The van der Waals surface area contributed by atoms with Crippen molar-refractivity contribution in [2.45, 2.75) is 19.2 Å². The number of pyridine rings is 1. The number of rotatable bonds is 4. The molecule has 0 fully saturated rings. The van der Waals surface area contributed by atoms with E-state index in [1.165, 1.54) is 18.2 Å². The van der Waals surface area contributed by atoms with E-state index in [1.807, 2.05) is 0 Å². The number of hydrogen-bond acceptors (Lipinski definition) is 2. The third-order valence-electron chi connectivity index (χ3n) is 2.73. The van der Waals surface area contributed by atoms with Crippen LogP contribution in [0.3, 0.4) is 0 Å². The lowest BCUT2D eigenvalue weighted by atomic mass is 10.1. The first-order chi connectivity index (χ1) is 10.3. The molecule has 0 amide bonds. The Balaban J connectivity index is 2.09. The number of nitrogens with zero attached hydrogens (tertiary/aromatic N) is 1. The molecule has 0 aliphatic heterocycles. The highest BCUT2D eigenvalue weighted by molar-refractivity contribution is 6.30. The van der Waals surface area contributed by atoms with Crippen LogP contribution in [-0.4, -0.2) is 4.98 Å². The summed E-state index contributed by atoms with van der Waals surface area (Å²) in [5.74, 6) is -0.0492. The van der Waals surface area contributed by atoms with Gasteiger partial charge in [0, 0.05) is 6.07 Å². The Morgan fingerprint density at radius 2 is 1.86 bits per heavy atom. The first-order valence-electron chi connectivity index (χ1n) is 6.01. The van der Waals surface area contributed by atoms with E-state index in [2.05, 4.69) is 4.98 Å². The average Bonchev–Trinajstić information content (AvgIpc) is 2.44. The Bertz CT molecular complexity index is 660. The smallest absolute Gasteiger partial charge is 0.416 e. The lowest BCUT2D eigenvalue weighted by Gasteiger charge is -2.10. The molecule has 2 nitrogen and oxygen atoms in total. The summed E-state index contributed by atoms with van der Waals surface area (Å²) in [6.07, 6.45) is -7.21. The Hall–Kier alpha value is -1.89. The van der Waals surface area contributed by atoms with Gasteiger partial charge in [0.15, 0.2) is 0 Å².